The number of hydrogen-bond acceptors (Lipinski definition) is 3. The fourth-order valence-electron chi connectivity index (χ4n) is 1.80. The molecule has 0 aliphatic carbocycles. The van der Waals surface area contributed by atoms with Crippen LogP contribution in [-0.2, 0) is 11.3 Å². The average Bonchev–Trinajstić information content (AvgIpc) is 2.48. The Bertz CT molecular complexity index is 534. The maximum absolute atomic E-state index is 12.0. The van der Waals surface area contributed by atoms with Gasteiger partial charge in [-0.1, -0.05) is 42.5 Å². The molecule has 3 nitrogen and oxygen atoms in total. The van der Waals surface area contributed by atoms with E-state index in [4.69, 9.17) is 10.5 Å². The number of benzene rings is 2. The minimum Gasteiger partial charge on any atom is -0.454 e. The summed E-state index contributed by atoms with van der Waals surface area (Å²) < 4.78 is 5.43. The van der Waals surface area contributed by atoms with Crippen LogP contribution < -0.4 is 5.73 Å². The lowest BCUT2D eigenvalue weighted by Crippen LogP contribution is -2.09. The zero-order valence-corrected chi connectivity index (χ0v) is 10.9. The summed E-state index contributed by atoms with van der Waals surface area (Å²) in [5, 5.41) is 0. The van der Waals surface area contributed by atoms with E-state index >= 15 is 0 Å². The first-order chi connectivity index (χ1) is 9.20. The van der Waals surface area contributed by atoms with Crippen LogP contribution in [0.1, 0.15) is 34.5 Å². The minimum absolute atomic E-state index is 0.261. The molecule has 3 heteroatoms. The van der Waals surface area contributed by atoms with Crippen LogP contribution in [0.2, 0.25) is 0 Å². The topological polar surface area (TPSA) is 52.3 Å². The lowest BCUT2D eigenvalue weighted by molar-refractivity contribution is 0.0338. The van der Waals surface area contributed by atoms with Crippen molar-refractivity contribution in [3.63, 3.8) is 0 Å². The number of carbonyl (C=O) groups excluding carboxylic acids is 1. The van der Waals surface area contributed by atoms with Crippen molar-refractivity contribution >= 4 is 5.97 Å². The third-order valence-corrected chi connectivity index (χ3v) is 2.98. The predicted octanol–water partition coefficient (Wildman–Crippen LogP) is 3.06. The Morgan fingerprint density at radius 2 is 1.74 bits per heavy atom. The molecule has 0 spiro atoms. The highest BCUT2D eigenvalue weighted by atomic mass is 16.5. The van der Waals surface area contributed by atoms with Crippen LogP contribution in [0.4, 0.5) is 0 Å². The standard InChI is InChI=1S/C16H17NO2/c1-12(14-5-3-2-4-6-14)19-16(18)15-9-7-13(11-17)8-10-15/h2-10,12H,11,17H2,1H3. The highest BCUT2D eigenvalue weighted by Gasteiger charge is 2.13. The summed E-state index contributed by atoms with van der Waals surface area (Å²) in [5.41, 5.74) is 8.03. The molecule has 0 bridgehead atoms. The molecule has 0 radical (unpaired) electrons. The van der Waals surface area contributed by atoms with Crippen LogP contribution in [0.5, 0.6) is 0 Å². The van der Waals surface area contributed by atoms with Gasteiger partial charge in [0.05, 0.1) is 5.56 Å². The molecule has 2 aromatic rings. The first kappa shape index (κ1) is 13.3. The third kappa shape index (κ3) is 3.42. The van der Waals surface area contributed by atoms with Crippen LogP contribution in [0, 0.1) is 0 Å². The highest BCUT2D eigenvalue weighted by molar-refractivity contribution is 5.89. The molecule has 0 saturated heterocycles. The molecule has 0 aromatic heterocycles. The molecule has 1 atom stereocenters. The second-order valence-corrected chi connectivity index (χ2v) is 4.36. The van der Waals surface area contributed by atoms with Crippen LogP contribution in [0.15, 0.2) is 54.6 Å². The van der Waals surface area contributed by atoms with Gasteiger partial charge < -0.3 is 10.5 Å². The normalized spacial score (nSPS) is 11.9. The molecule has 2 N–H and O–H groups in total. The molecule has 0 aliphatic heterocycles. The smallest absolute Gasteiger partial charge is 0.338 e. The molecule has 0 fully saturated rings. The zero-order chi connectivity index (χ0) is 13.7. The van der Waals surface area contributed by atoms with Gasteiger partial charge in [0.1, 0.15) is 6.10 Å². The van der Waals surface area contributed by atoms with E-state index in [1.54, 1.807) is 12.1 Å². The Labute approximate surface area is 113 Å². The van der Waals surface area contributed by atoms with E-state index < -0.39 is 0 Å². The number of hydrogen-bond donors (Lipinski definition) is 1. The summed E-state index contributed by atoms with van der Waals surface area (Å²) in [5.74, 6) is -0.320. The lowest BCUT2D eigenvalue weighted by Gasteiger charge is -2.13. The van der Waals surface area contributed by atoms with Crippen molar-refractivity contribution in [2.45, 2.75) is 19.6 Å². The summed E-state index contributed by atoms with van der Waals surface area (Å²) >= 11 is 0. The zero-order valence-electron chi connectivity index (χ0n) is 10.9. The second kappa shape index (κ2) is 6.16. The van der Waals surface area contributed by atoms with Crippen molar-refractivity contribution in [3.8, 4) is 0 Å². The lowest BCUT2D eigenvalue weighted by atomic mass is 10.1. The maximum atomic E-state index is 12.0. The molecule has 1 unspecified atom stereocenters. The van der Waals surface area contributed by atoms with Gasteiger partial charge in [-0.3, -0.25) is 0 Å². The quantitative estimate of drug-likeness (QED) is 0.854. The summed E-state index contributed by atoms with van der Waals surface area (Å²) in [4.78, 5) is 12.0. The predicted molar refractivity (Wildman–Crippen MR) is 74.6 cm³/mol. The Balaban J connectivity index is 2.04. The Hall–Kier alpha value is -2.13. The van der Waals surface area contributed by atoms with Gasteiger partial charge in [-0.15, -0.1) is 0 Å². The summed E-state index contributed by atoms with van der Waals surface area (Å²) in [6.07, 6.45) is -0.261. The Kier molecular flexibility index (Phi) is 4.31. The van der Waals surface area contributed by atoms with E-state index in [1.807, 2.05) is 49.4 Å². The Morgan fingerprint density at radius 3 is 2.32 bits per heavy atom. The Morgan fingerprint density at radius 1 is 1.11 bits per heavy atom. The van der Waals surface area contributed by atoms with Crippen molar-refractivity contribution in [3.05, 3.63) is 71.3 Å². The van der Waals surface area contributed by atoms with Gasteiger partial charge in [0.25, 0.3) is 0 Å². The first-order valence-electron chi connectivity index (χ1n) is 6.25. The summed E-state index contributed by atoms with van der Waals surface area (Å²) in [7, 11) is 0. The third-order valence-electron chi connectivity index (χ3n) is 2.98. The summed E-state index contributed by atoms with van der Waals surface area (Å²) in [6.45, 7) is 2.33. The van der Waals surface area contributed by atoms with Crippen LogP contribution in [0.3, 0.4) is 0 Å². The van der Waals surface area contributed by atoms with Crippen molar-refractivity contribution in [2.24, 2.45) is 5.73 Å². The molecule has 0 saturated carbocycles. The van der Waals surface area contributed by atoms with E-state index in [0.717, 1.165) is 11.1 Å². The molecule has 2 aromatic carbocycles. The fraction of sp³-hybridized carbons (Fsp3) is 0.188. The summed E-state index contributed by atoms with van der Waals surface area (Å²) in [6, 6.07) is 16.8. The van der Waals surface area contributed by atoms with Crippen molar-refractivity contribution in [1.29, 1.82) is 0 Å². The van der Waals surface area contributed by atoms with Crippen LogP contribution in [-0.4, -0.2) is 5.97 Å². The maximum Gasteiger partial charge on any atom is 0.338 e. The number of rotatable bonds is 4. The van der Waals surface area contributed by atoms with Gasteiger partial charge in [-0.05, 0) is 30.2 Å². The molecule has 0 aliphatic rings. The minimum atomic E-state index is -0.320. The average molecular weight is 255 g/mol. The van der Waals surface area contributed by atoms with Gasteiger partial charge in [-0.2, -0.15) is 0 Å². The molecule has 2 rings (SSSR count). The number of nitrogens with two attached hydrogens (primary N) is 1. The van der Waals surface area contributed by atoms with E-state index in [-0.39, 0.29) is 12.1 Å². The van der Waals surface area contributed by atoms with E-state index in [9.17, 15) is 4.79 Å². The van der Waals surface area contributed by atoms with E-state index in [2.05, 4.69) is 0 Å². The van der Waals surface area contributed by atoms with Gasteiger partial charge in [0, 0.05) is 6.54 Å². The van der Waals surface area contributed by atoms with E-state index in [1.165, 1.54) is 0 Å². The van der Waals surface area contributed by atoms with Crippen molar-refractivity contribution in [2.75, 3.05) is 0 Å². The van der Waals surface area contributed by atoms with Gasteiger partial charge >= 0.3 is 5.97 Å². The van der Waals surface area contributed by atoms with Gasteiger partial charge in [0.2, 0.25) is 0 Å². The largest absolute Gasteiger partial charge is 0.454 e. The van der Waals surface area contributed by atoms with Gasteiger partial charge in [0.15, 0.2) is 0 Å². The first-order valence-corrected chi connectivity index (χ1v) is 6.25. The molecule has 0 amide bonds. The second-order valence-electron chi connectivity index (χ2n) is 4.36. The van der Waals surface area contributed by atoms with Crippen LogP contribution in [0.25, 0.3) is 0 Å². The molecule has 98 valence electrons. The monoisotopic (exact) mass is 255 g/mol. The van der Waals surface area contributed by atoms with Crippen LogP contribution >= 0.6 is 0 Å². The SMILES string of the molecule is CC(OC(=O)c1ccc(CN)cc1)c1ccccc1. The van der Waals surface area contributed by atoms with Crippen molar-refractivity contribution in [1.82, 2.24) is 0 Å². The van der Waals surface area contributed by atoms with Gasteiger partial charge in [-0.25, -0.2) is 4.79 Å². The molecule has 19 heavy (non-hydrogen) atoms. The van der Waals surface area contributed by atoms with E-state index in [0.29, 0.717) is 12.1 Å². The molecular formula is C16H17NO2. The number of ether oxygens (including phenoxy) is 1. The number of esters is 1. The number of carbonyl (C=O) groups is 1. The fourth-order valence-corrected chi connectivity index (χ4v) is 1.80. The molecule has 0 heterocycles. The van der Waals surface area contributed by atoms with Crippen molar-refractivity contribution < 1.29 is 9.53 Å². The molecular weight excluding hydrogens is 238 g/mol. The highest BCUT2D eigenvalue weighted by Crippen LogP contribution is 2.18.